The van der Waals surface area contributed by atoms with Crippen LogP contribution < -0.4 is 4.90 Å². The van der Waals surface area contributed by atoms with Crippen LogP contribution in [-0.4, -0.2) is 30.6 Å². The molecule has 2 heterocycles. The van der Waals surface area contributed by atoms with Gasteiger partial charge < -0.3 is 9.64 Å². The first-order valence-corrected chi connectivity index (χ1v) is 8.44. The number of piperidine rings is 1. The Bertz CT molecular complexity index is 472. The highest BCUT2D eigenvalue weighted by Crippen LogP contribution is 2.38. The standard InChI is InChI=1S/C15H22N2O2S/c1-19-14(18)9-12-10-20-15(16-12)17-8-4-6-11-5-2-3-7-13(11)17/h10-11,13H,2-9H2,1H3. The Kier molecular flexibility index (Phi) is 4.24. The first-order valence-electron chi connectivity index (χ1n) is 7.56. The molecule has 110 valence electrons. The summed E-state index contributed by atoms with van der Waals surface area (Å²) in [5.74, 6) is 0.640. The van der Waals surface area contributed by atoms with Gasteiger partial charge in [0.15, 0.2) is 5.13 Å². The SMILES string of the molecule is COC(=O)Cc1csc(N2CCCC3CCCCC32)n1. The van der Waals surface area contributed by atoms with Crippen LogP contribution in [0.1, 0.15) is 44.2 Å². The molecule has 1 saturated heterocycles. The van der Waals surface area contributed by atoms with E-state index in [-0.39, 0.29) is 12.4 Å². The smallest absolute Gasteiger partial charge is 0.311 e. The van der Waals surface area contributed by atoms with Gasteiger partial charge in [0.1, 0.15) is 0 Å². The Morgan fingerprint density at radius 1 is 1.40 bits per heavy atom. The lowest BCUT2D eigenvalue weighted by molar-refractivity contribution is -0.139. The molecule has 2 aliphatic rings. The molecule has 3 rings (SSSR count). The van der Waals surface area contributed by atoms with E-state index in [9.17, 15) is 4.79 Å². The van der Waals surface area contributed by atoms with E-state index in [0.717, 1.165) is 23.3 Å². The summed E-state index contributed by atoms with van der Waals surface area (Å²) in [5.41, 5.74) is 0.842. The summed E-state index contributed by atoms with van der Waals surface area (Å²) in [5, 5.41) is 3.10. The molecule has 1 aliphatic heterocycles. The molecule has 0 amide bonds. The molecule has 0 N–H and O–H groups in total. The van der Waals surface area contributed by atoms with Crippen LogP contribution in [0.5, 0.6) is 0 Å². The molecule has 0 spiro atoms. The molecule has 2 fully saturated rings. The minimum atomic E-state index is -0.212. The lowest BCUT2D eigenvalue weighted by atomic mass is 9.78. The van der Waals surface area contributed by atoms with Crippen molar-refractivity contribution in [3.8, 4) is 0 Å². The Morgan fingerprint density at radius 2 is 2.20 bits per heavy atom. The highest BCUT2D eigenvalue weighted by molar-refractivity contribution is 7.13. The zero-order chi connectivity index (χ0) is 13.9. The summed E-state index contributed by atoms with van der Waals surface area (Å²) in [4.78, 5) is 18.5. The van der Waals surface area contributed by atoms with E-state index < -0.39 is 0 Å². The maximum atomic E-state index is 11.3. The summed E-state index contributed by atoms with van der Waals surface area (Å²) >= 11 is 1.67. The van der Waals surface area contributed by atoms with Crippen molar-refractivity contribution >= 4 is 22.4 Å². The van der Waals surface area contributed by atoms with Gasteiger partial charge in [-0.25, -0.2) is 4.98 Å². The summed E-state index contributed by atoms with van der Waals surface area (Å²) in [7, 11) is 1.42. The van der Waals surface area contributed by atoms with Crippen LogP contribution in [0.3, 0.4) is 0 Å². The van der Waals surface area contributed by atoms with Gasteiger partial charge >= 0.3 is 5.97 Å². The number of esters is 1. The van der Waals surface area contributed by atoms with Gasteiger partial charge in [0.2, 0.25) is 0 Å². The second-order valence-electron chi connectivity index (χ2n) is 5.82. The average molecular weight is 294 g/mol. The minimum Gasteiger partial charge on any atom is -0.469 e. The second-order valence-corrected chi connectivity index (χ2v) is 6.66. The molecule has 1 aromatic heterocycles. The molecule has 1 aromatic rings. The summed E-state index contributed by atoms with van der Waals surface area (Å²) in [6.45, 7) is 1.12. The second kappa shape index (κ2) is 6.12. The van der Waals surface area contributed by atoms with Crippen LogP contribution in [0.2, 0.25) is 0 Å². The van der Waals surface area contributed by atoms with E-state index >= 15 is 0 Å². The van der Waals surface area contributed by atoms with Gasteiger partial charge in [-0.3, -0.25) is 4.79 Å². The Hall–Kier alpha value is -1.10. The third kappa shape index (κ3) is 2.82. The molecular formula is C15H22N2O2S. The van der Waals surface area contributed by atoms with E-state index in [2.05, 4.69) is 9.88 Å². The highest BCUT2D eigenvalue weighted by atomic mass is 32.1. The van der Waals surface area contributed by atoms with Gasteiger partial charge in [-0.05, 0) is 31.6 Å². The van der Waals surface area contributed by atoms with Crippen LogP contribution in [0.15, 0.2) is 5.38 Å². The van der Waals surface area contributed by atoms with Gasteiger partial charge in [0.05, 0.1) is 19.2 Å². The Labute approximate surface area is 124 Å². The van der Waals surface area contributed by atoms with Crippen LogP contribution in [0.25, 0.3) is 0 Å². The number of rotatable bonds is 3. The van der Waals surface area contributed by atoms with Crippen LogP contribution >= 0.6 is 11.3 Å². The largest absolute Gasteiger partial charge is 0.469 e. The van der Waals surface area contributed by atoms with Gasteiger partial charge in [-0.1, -0.05) is 12.8 Å². The third-order valence-electron chi connectivity index (χ3n) is 4.58. The number of anilines is 1. The van der Waals surface area contributed by atoms with Gasteiger partial charge in [0, 0.05) is 18.0 Å². The molecule has 0 radical (unpaired) electrons. The normalized spacial score (nSPS) is 26.1. The third-order valence-corrected chi connectivity index (χ3v) is 5.51. The van der Waals surface area contributed by atoms with Crippen molar-refractivity contribution in [2.45, 2.75) is 51.0 Å². The number of hydrogen-bond acceptors (Lipinski definition) is 5. The predicted octanol–water partition coefficient (Wildman–Crippen LogP) is 3.02. The number of ether oxygens (including phenoxy) is 1. The molecule has 2 unspecified atom stereocenters. The van der Waals surface area contributed by atoms with Crippen molar-refractivity contribution in [1.82, 2.24) is 4.98 Å². The molecule has 4 nitrogen and oxygen atoms in total. The number of carbonyl (C=O) groups is 1. The van der Waals surface area contributed by atoms with Crippen LogP contribution in [0, 0.1) is 5.92 Å². The Morgan fingerprint density at radius 3 is 3.05 bits per heavy atom. The van der Waals surface area contributed by atoms with Crippen molar-refractivity contribution in [3.63, 3.8) is 0 Å². The quantitative estimate of drug-likeness (QED) is 0.804. The zero-order valence-corrected chi connectivity index (χ0v) is 12.8. The first kappa shape index (κ1) is 13.9. The number of thiazole rings is 1. The Balaban J connectivity index is 1.72. The lowest BCUT2D eigenvalue weighted by Gasteiger charge is -2.44. The number of carbonyl (C=O) groups excluding carboxylic acids is 1. The highest BCUT2D eigenvalue weighted by Gasteiger charge is 2.34. The molecule has 0 bridgehead atoms. The average Bonchev–Trinajstić information content (AvgIpc) is 2.94. The minimum absolute atomic E-state index is 0.212. The van der Waals surface area contributed by atoms with E-state index in [1.165, 1.54) is 45.6 Å². The van der Waals surface area contributed by atoms with E-state index in [1.54, 1.807) is 11.3 Å². The van der Waals surface area contributed by atoms with Crippen molar-refractivity contribution in [2.75, 3.05) is 18.6 Å². The predicted molar refractivity (Wildman–Crippen MR) is 80.2 cm³/mol. The fourth-order valence-electron chi connectivity index (χ4n) is 3.59. The summed E-state index contributed by atoms with van der Waals surface area (Å²) in [6.07, 6.45) is 8.35. The fraction of sp³-hybridized carbons (Fsp3) is 0.733. The fourth-order valence-corrected chi connectivity index (χ4v) is 4.50. The van der Waals surface area contributed by atoms with Crippen LogP contribution in [-0.2, 0) is 16.0 Å². The van der Waals surface area contributed by atoms with Crippen molar-refractivity contribution in [2.24, 2.45) is 5.92 Å². The number of aromatic nitrogens is 1. The first-order chi connectivity index (χ1) is 9.78. The van der Waals surface area contributed by atoms with Crippen LogP contribution in [0.4, 0.5) is 5.13 Å². The number of nitrogens with zero attached hydrogens (tertiary/aromatic N) is 2. The van der Waals surface area contributed by atoms with E-state index in [1.807, 2.05) is 5.38 Å². The molecule has 2 atom stereocenters. The van der Waals surface area contributed by atoms with Gasteiger partial charge in [0.25, 0.3) is 0 Å². The lowest BCUT2D eigenvalue weighted by Crippen LogP contribution is -2.46. The van der Waals surface area contributed by atoms with Crippen molar-refractivity contribution in [1.29, 1.82) is 0 Å². The van der Waals surface area contributed by atoms with Gasteiger partial charge in [-0.15, -0.1) is 11.3 Å². The van der Waals surface area contributed by atoms with E-state index in [4.69, 9.17) is 4.74 Å². The molecule has 0 aromatic carbocycles. The summed E-state index contributed by atoms with van der Waals surface area (Å²) in [6, 6.07) is 0.676. The zero-order valence-electron chi connectivity index (χ0n) is 12.0. The number of fused-ring (bicyclic) bond motifs is 1. The topological polar surface area (TPSA) is 42.4 Å². The molecular weight excluding hydrogens is 272 g/mol. The maximum absolute atomic E-state index is 11.3. The molecule has 1 aliphatic carbocycles. The molecule has 20 heavy (non-hydrogen) atoms. The number of hydrogen-bond donors (Lipinski definition) is 0. The van der Waals surface area contributed by atoms with E-state index in [0.29, 0.717) is 6.04 Å². The summed E-state index contributed by atoms with van der Waals surface area (Å²) < 4.78 is 4.71. The van der Waals surface area contributed by atoms with Crippen molar-refractivity contribution < 1.29 is 9.53 Å². The maximum Gasteiger partial charge on any atom is 0.311 e. The molecule has 1 saturated carbocycles. The molecule has 5 heteroatoms. The monoisotopic (exact) mass is 294 g/mol. The number of methoxy groups -OCH3 is 1. The van der Waals surface area contributed by atoms with Crippen molar-refractivity contribution in [3.05, 3.63) is 11.1 Å². The van der Waals surface area contributed by atoms with Gasteiger partial charge in [-0.2, -0.15) is 0 Å².